The van der Waals surface area contributed by atoms with Crippen LogP contribution in [0.2, 0.25) is 0 Å². The fraction of sp³-hybridized carbons (Fsp3) is 0.727. The van der Waals surface area contributed by atoms with Crippen LogP contribution in [0.3, 0.4) is 0 Å². The molecule has 0 amide bonds. The predicted octanol–water partition coefficient (Wildman–Crippen LogP) is -0.202. The maximum atomic E-state index is 8.80. The van der Waals surface area contributed by atoms with Gasteiger partial charge in [0.1, 0.15) is 0 Å². The van der Waals surface area contributed by atoms with Gasteiger partial charge in [-0.15, -0.1) is 0 Å². The Bertz CT molecular complexity index is 326. The van der Waals surface area contributed by atoms with Crippen LogP contribution in [0.4, 0.5) is 0 Å². The standard InChI is InChI=1S/C11H20N4O/c12-11-2-1-3-14(9-11)7-10-6-13-15(8-10)4-5-16/h6,8,11,16H,1-5,7,9,12H2. The molecule has 1 saturated heterocycles. The summed E-state index contributed by atoms with van der Waals surface area (Å²) in [4.78, 5) is 2.37. The van der Waals surface area contributed by atoms with Crippen LogP contribution in [-0.4, -0.2) is 45.5 Å². The number of aromatic nitrogens is 2. The van der Waals surface area contributed by atoms with Gasteiger partial charge >= 0.3 is 0 Å². The van der Waals surface area contributed by atoms with Gasteiger partial charge in [-0.3, -0.25) is 9.58 Å². The third-order valence-corrected chi connectivity index (χ3v) is 2.96. The Morgan fingerprint density at radius 1 is 1.56 bits per heavy atom. The summed E-state index contributed by atoms with van der Waals surface area (Å²) in [7, 11) is 0. The number of hydrogen-bond acceptors (Lipinski definition) is 4. The van der Waals surface area contributed by atoms with E-state index in [4.69, 9.17) is 10.8 Å². The summed E-state index contributed by atoms with van der Waals surface area (Å²) in [5.74, 6) is 0. The van der Waals surface area contributed by atoms with Crippen molar-refractivity contribution in [3.05, 3.63) is 18.0 Å². The van der Waals surface area contributed by atoms with Gasteiger partial charge in [-0.2, -0.15) is 5.10 Å². The van der Waals surface area contributed by atoms with E-state index in [1.165, 1.54) is 12.0 Å². The predicted molar refractivity (Wildman–Crippen MR) is 61.8 cm³/mol. The molecule has 1 unspecified atom stereocenters. The fourth-order valence-corrected chi connectivity index (χ4v) is 2.21. The van der Waals surface area contributed by atoms with Gasteiger partial charge in [-0.1, -0.05) is 0 Å². The van der Waals surface area contributed by atoms with E-state index in [1.54, 1.807) is 4.68 Å². The van der Waals surface area contributed by atoms with Crippen LogP contribution in [0, 0.1) is 0 Å². The Morgan fingerprint density at radius 2 is 2.44 bits per heavy atom. The second-order valence-corrected chi connectivity index (χ2v) is 4.47. The fourth-order valence-electron chi connectivity index (χ4n) is 2.21. The molecule has 1 aromatic heterocycles. The molecule has 1 aliphatic rings. The minimum Gasteiger partial charge on any atom is -0.394 e. The number of hydrogen-bond donors (Lipinski definition) is 2. The largest absolute Gasteiger partial charge is 0.394 e. The van der Waals surface area contributed by atoms with Crippen molar-refractivity contribution in [3.8, 4) is 0 Å². The monoisotopic (exact) mass is 224 g/mol. The molecule has 0 spiro atoms. The van der Waals surface area contributed by atoms with Crippen molar-refractivity contribution < 1.29 is 5.11 Å². The first kappa shape index (κ1) is 11.6. The summed E-state index contributed by atoms with van der Waals surface area (Å²) >= 11 is 0. The molecular weight excluding hydrogens is 204 g/mol. The lowest BCUT2D eigenvalue weighted by Gasteiger charge is -2.30. The third-order valence-electron chi connectivity index (χ3n) is 2.96. The highest BCUT2D eigenvalue weighted by atomic mass is 16.3. The smallest absolute Gasteiger partial charge is 0.0640 e. The maximum Gasteiger partial charge on any atom is 0.0640 e. The number of nitrogens with zero attached hydrogens (tertiary/aromatic N) is 3. The highest BCUT2D eigenvalue weighted by Gasteiger charge is 2.16. The van der Waals surface area contributed by atoms with Gasteiger partial charge in [0.15, 0.2) is 0 Å². The zero-order valence-electron chi connectivity index (χ0n) is 9.55. The highest BCUT2D eigenvalue weighted by Crippen LogP contribution is 2.11. The van der Waals surface area contributed by atoms with Crippen LogP contribution in [0.5, 0.6) is 0 Å². The molecule has 2 heterocycles. The van der Waals surface area contributed by atoms with Crippen molar-refractivity contribution in [2.45, 2.75) is 32.0 Å². The highest BCUT2D eigenvalue weighted by molar-refractivity contribution is 5.04. The number of aliphatic hydroxyl groups excluding tert-OH is 1. The van der Waals surface area contributed by atoms with Gasteiger partial charge in [0.25, 0.3) is 0 Å². The summed E-state index contributed by atoms with van der Waals surface area (Å²) in [5.41, 5.74) is 7.13. The number of piperidine rings is 1. The topological polar surface area (TPSA) is 67.3 Å². The van der Waals surface area contributed by atoms with E-state index in [9.17, 15) is 0 Å². The van der Waals surface area contributed by atoms with Crippen LogP contribution < -0.4 is 5.73 Å². The van der Waals surface area contributed by atoms with E-state index < -0.39 is 0 Å². The minimum absolute atomic E-state index is 0.135. The molecule has 0 aliphatic carbocycles. The quantitative estimate of drug-likeness (QED) is 0.743. The SMILES string of the molecule is NC1CCCN(Cc2cnn(CCO)c2)C1. The summed E-state index contributed by atoms with van der Waals surface area (Å²) in [6.45, 7) is 3.72. The third kappa shape index (κ3) is 3.04. The van der Waals surface area contributed by atoms with Gasteiger partial charge in [0.2, 0.25) is 0 Å². The zero-order valence-corrected chi connectivity index (χ0v) is 9.55. The molecule has 5 nitrogen and oxygen atoms in total. The molecule has 0 bridgehead atoms. The average Bonchev–Trinajstić information content (AvgIpc) is 2.66. The molecule has 1 fully saturated rings. The lowest BCUT2D eigenvalue weighted by Crippen LogP contribution is -2.42. The Balaban J connectivity index is 1.87. The van der Waals surface area contributed by atoms with E-state index in [2.05, 4.69) is 10.00 Å². The molecule has 1 aromatic rings. The summed E-state index contributed by atoms with van der Waals surface area (Å²) in [6, 6.07) is 0.321. The van der Waals surface area contributed by atoms with Crippen molar-refractivity contribution >= 4 is 0 Å². The second-order valence-electron chi connectivity index (χ2n) is 4.47. The van der Waals surface area contributed by atoms with E-state index >= 15 is 0 Å². The van der Waals surface area contributed by atoms with Crippen molar-refractivity contribution in [1.82, 2.24) is 14.7 Å². The van der Waals surface area contributed by atoms with Crippen LogP contribution in [0.15, 0.2) is 12.4 Å². The van der Waals surface area contributed by atoms with Gasteiger partial charge < -0.3 is 10.8 Å². The first-order valence-corrected chi connectivity index (χ1v) is 5.88. The molecule has 1 atom stereocenters. The number of likely N-dealkylation sites (tertiary alicyclic amines) is 1. The second kappa shape index (κ2) is 5.43. The van der Waals surface area contributed by atoms with Crippen LogP contribution in [0.25, 0.3) is 0 Å². The first-order valence-electron chi connectivity index (χ1n) is 5.88. The van der Waals surface area contributed by atoms with Crippen molar-refractivity contribution in [2.24, 2.45) is 5.73 Å². The van der Waals surface area contributed by atoms with E-state index in [0.717, 1.165) is 26.1 Å². The molecule has 3 N–H and O–H groups in total. The maximum absolute atomic E-state index is 8.80. The summed E-state index contributed by atoms with van der Waals surface area (Å²) in [5, 5.41) is 13.0. The molecule has 16 heavy (non-hydrogen) atoms. The Labute approximate surface area is 95.8 Å². The van der Waals surface area contributed by atoms with Gasteiger partial charge in [-0.25, -0.2) is 0 Å². The lowest BCUT2D eigenvalue weighted by molar-refractivity contribution is 0.201. The number of rotatable bonds is 4. The van der Waals surface area contributed by atoms with Crippen molar-refractivity contribution in [1.29, 1.82) is 0 Å². The molecule has 0 saturated carbocycles. The molecule has 5 heteroatoms. The van der Waals surface area contributed by atoms with Gasteiger partial charge in [0.05, 0.1) is 19.3 Å². The molecule has 0 aromatic carbocycles. The summed E-state index contributed by atoms with van der Waals surface area (Å²) < 4.78 is 1.78. The van der Waals surface area contributed by atoms with Crippen LogP contribution >= 0.6 is 0 Å². The Hall–Kier alpha value is -0.910. The minimum atomic E-state index is 0.135. The molecule has 1 aliphatic heterocycles. The van der Waals surface area contributed by atoms with Crippen molar-refractivity contribution in [3.63, 3.8) is 0 Å². The van der Waals surface area contributed by atoms with E-state index in [1.807, 2.05) is 12.4 Å². The number of nitrogens with two attached hydrogens (primary N) is 1. The molecule has 2 rings (SSSR count). The average molecular weight is 224 g/mol. The molecular formula is C11H20N4O. The Morgan fingerprint density at radius 3 is 3.19 bits per heavy atom. The molecule has 0 radical (unpaired) electrons. The van der Waals surface area contributed by atoms with Gasteiger partial charge in [-0.05, 0) is 19.4 Å². The van der Waals surface area contributed by atoms with E-state index in [0.29, 0.717) is 12.6 Å². The normalized spacial score (nSPS) is 22.5. The van der Waals surface area contributed by atoms with E-state index in [-0.39, 0.29) is 6.61 Å². The molecule has 90 valence electrons. The zero-order chi connectivity index (χ0) is 11.4. The number of aliphatic hydroxyl groups is 1. The van der Waals surface area contributed by atoms with Crippen molar-refractivity contribution in [2.75, 3.05) is 19.7 Å². The first-order chi connectivity index (χ1) is 7.78. The Kier molecular flexibility index (Phi) is 3.93. The van der Waals surface area contributed by atoms with Crippen LogP contribution in [-0.2, 0) is 13.1 Å². The van der Waals surface area contributed by atoms with Gasteiger partial charge in [0, 0.05) is 30.9 Å². The summed E-state index contributed by atoms with van der Waals surface area (Å²) in [6.07, 6.45) is 6.19. The van der Waals surface area contributed by atoms with Crippen LogP contribution in [0.1, 0.15) is 18.4 Å². The lowest BCUT2D eigenvalue weighted by atomic mass is 10.1.